The number of aryl methyl sites for hydroxylation is 1. The first-order valence-electron chi connectivity index (χ1n) is 15.8. The lowest BCUT2D eigenvalue weighted by atomic mass is 9.86. The van der Waals surface area contributed by atoms with Gasteiger partial charge in [-0.15, -0.1) is 0 Å². The molecular formula is C35H37FN8O3. The zero-order valence-corrected chi connectivity index (χ0v) is 26.8. The van der Waals surface area contributed by atoms with Gasteiger partial charge in [-0.3, -0.25) is 9.59 Å². The molecule has 7 rings (SSSR count). The maximum absolute atomic E-state index is 15.4. The molecular weight excluding hydrogens is 599 g/mol. The molecule has 11 nitrogen and oxygen atoms in total. The van der Waals surface area contributed by atoms with Crippen LogP contribution in [-0.2, 0) is 19.1 Å². The van der Waals surface area contributed by atoms with Gasteiger partial charge in [0.25, 0.3) is 11.1 Å². The minimum Gasteiger partial charge on any atom is -0.392 e. The van der Waals surface area contributed by atoms with Gasteiger partial charge in [0.1, 0.15) is 17.3 Å². The molecule has 47 heavy (non-hydrogen) atoms. The predicted molar refractivity (Wildman–Crippen MR) is 180 cm³/mol. The van der Waals surface area contributed by atoms with Gasteiger partial charge in [-0.1, -0.05) is 32.9 Å². The molecule has 2 aliphatic heterocycles. The van der Waals surface area contributed by atoms with Crippen LogP contribution in [0.15, 0.2) is 70.5 Å². The fourth-order valence-corrected chi connectivity index (χ4v) is 6.80. The fraction of sp³-hybridized carbons (Fsp3) is 0.343. The van der Waals surface area contributed by atoms with Gasteiger partial charge >= 0.3 is 0 Å². The molecule has 3 N–H and O–H groups in total. The summed E-state index contributed by atoms with van der Waals surface area (Å²) in [7, 11) is 1.54. The number of benzene rings is 2. The molecule has 0 saturated carbocycles. The maximum Gasteiger partial charge on any atom is 0.290 e. The second-order valence-electron chi connectivity index (χ2n) is 13.3. The Balaban J connectivity index is 1.24. The number of nitrogens with zero attached hydrogens (tertiary/aromatic N) is 6. The van der Waals surface area contributed by atoms with E-state index in [0.29, 0.717) is 40.1 Å². The largest absolute Gasteiger partial charge is 0.392 e. The number of anilines is 3. The normalized spacial score (nSPS) is 17.8. The van der Waals surface area contributed by atoms with Gasteiger partial charge in [0, 0.05) is 48.7 Å². The van der Waals surface area contributed by atoms with E-state index >= 15 is 4.39 Å². The van der Waals surface area contributed by atoms with Gasteiger partial charge in [0.15, 0.2) is 0 Å². The van der Waals surface area contributed by atoms with E-state index in [1.165, 1.54) is 16.9 Å². The Morgan fingerprint density at radius 3 is 2.47 bits per heavy atom. The molecule has 2 aliphatic rings. The van der Waals surface area contributed by atoms with Crippen LogP contribution in [0.2, 0.25) is 0 Å². The van der Waals surface area contributed by atoms with E-state index in [1.54, 1.807) is 37.4 Å². The number of aliphatic hydroxyl groups excluding tert-OH is 1. The van der Waals surface area contributed by atoms with Crippen LogP contribution in [0.1, 0.15) is 44.7 Å². The highest BCUT2D eigenvalue weighted by Gasteiger charge is 2.36. The van der Waals surface area contributed by atoms with E-state index in [9.17, 15) is 14.7 Å². The number of pyridine rings is 1. The van der Waals surface area contributed by atoms with Crippen LogP contribution in [0.25, 0.3) is 27.7 Å². The highest BCUT2D eigenvalue weighted by Crippen LogP contribution is 2.33. The van der Waals surface area contributed by atoms with Crippen LogP contribution in [0.5, 0.6) is 0 Å². The number of hydrogen-bond donors (Lipinski definition) is 3. The van der Waals surface area contributed by atoms with Crippen LogP contribution in [0.3, 0.4) is 0 Å². The molecule has 0 unspecified atom stereocenters. The van der Waals surface area contributed by atoms with E-state index in [-0.39, 0.29) is 27.7 Å². The molecule has 242 valence electrons. The maximum atomic E-state index is 15.4. The highest BCUT2D eigenvalue weighted by molar-refractivity contribution is 5.83. The summed E-state index contributed by atoms with van der Waals surface area (Å²) in [5, 5.41) is 26.3. The van der Waals surface area contributed by atoms with Crippen molar-refractivity contribution in [2.75, 3.05) is 23.3 Å². The van der Waals surface area contributed by atoms with E-state index in [0.717, 1.165) is 41.9 Å². The van der Waals surface area contributed by atoms with Gasteiger partial charge in [0.05, 0.1) is 41.5 Å². The Morgan fingerprint density at radius 2 is 1.79 bits per heavy atom. The van der Waals surface area contributed by atoms with Crippen molar-refractivity contribution in [2.45, 2.75) is 57.7 Å². The summed E-state index contributed by atoms with van der Waals surface area (Å²) in [5.41, 5.74) is 2.22. The zero-order valence-electron chi connectivity index (χ0n) is 26.8. The third kappa shape index (κ3) is 5.47. The lowest BCUT2D eigenvalue weighted by Gasteiger charge is -2.37. The van der Waals surface area contributed by atoms with Gasteiger partial charge in [-0.05, 0) is 60.2 Å². The number of nitrogens with one attached hydrogen (secondary N) is 2. The third-order valence-corrected chi connectivity index (χ3v) is 9.27. The van der Waals surface area contributed by atoms with Crippen LogP contribution in [-0.4, -0.2) is 54.8 Å². The van der Waals surface area contributed by atoms with Crippen LogP contribution in [0, 0.1) is 5.82 Å². The summed E-state index contributed by atoms with van der Waals surface area (Å²) >= 11 is 0. The number of hydrogen-bond acceptors (Lipinski definition) is 9. The molecule has 3 aromatic heterocycles. The average molecular weight is 637 g/mol. The fourth-order valence-electron chi connectivity index (χ4n) is 6.80. The first-order valence-corrected chi connectivity index (χ1v) is 15.8. The Labute approximate surface area is 270 Å². The van der Waals surface area contributed by atoms with Crippen molar-refractivity contribution in [1.29, 1.82) is 0 Å². The first kappa shape index (κ1) is 30.7. The number of piperazine rings is 1. The lowest BCUT2D eigenvalue weighted by Crippen LogP contribution is -2.52. The number of aliphatic hydroxyl groups is 1. The average Bonchev–Trinajstić information content (AvgIpc) is 3.29. The molecule has 0 amide bonds. The van der Waals surface area contributed by atoms with Crippen molar-refractivity contribution in [1.82, 2.24) is 29.9 Å². The quantitative estimate of drug-likeness (QED) is 0.252. The Hall–Kier alpha value is -4.94. The molecule has 2 atom stereocenters. The highest BCUT2D eigenvalue weighted by atomic mass is 19.1. The van der Waals surface area contributed by atoms with Crippen LogP contribution in [0.4, 0.5) is 21.6 Å². The molecule has 2 aromatic carbocycles. The zero-order chi connectivity index (χ0) is 33.0. The molecule has 12 heteroatoms. The summed E-state index contributed by atoms with van der Waals surface area (Å²) in [4.78, 5) is 33.8. The van der Waals surface area contributed by atoms with E-state index in [1.807, 2.05) is 39.1 Å². The molecule has 0 aliphatic carbocycles. The van der Waals surface area contributed by atoms with Crippen LogP contribution >= 0.6 is 0 Å². The standard InChI is InChI=1S/C35H37FN8O3/c1-35(2,3)21-12-20-15-39-44(34(47)32(20)27(36)13-21)30-7-5-6-25(26(30)19-45)28-14-29(33(46)42(4)41-28)40-31-11-10-24(18-38-31)43-22-8-9-23(43)17-37-16-22/h5-7,10-15,18,22-23,37,45H,8-9,16-17,19H2,1-4H3,(H,38,40)/t22-,23+. The summed E-state index contributed by atoms with van der Waals surface area (Å²) in [6.07, 6.45) is 5.61. The van der Waals surface area contributed by atoms with Crippen LogP contribution < -0.4 is 26.7 Å². The smallest absolute Gasteiger partial charge is 0.290 e. The molecule has 0 spiro atoms. The number of halogens is 1. The first-order chi connectivity index (χ1) is 22.5. The van der Waals surface area contributed by atoms with Gasteiger partial charge < -0.3 is 20.6 Å². The van der Waals surface area contributed by atoms with Crippen molar-refractivity contribution >= 4 is 28.0 Å². The minimum atomic E-state index is -0.647. The van der Waals surface area contributed by atoms with Crippen molar-refractivity contribution in [2.24, 2.45) is 7.05 Å². The molecule has 0 radical (unpaired) electrons. The summed E-state index contributed by atoms with van der Waals surface area (Å²) < 4.78 is 17.7. The summed E-state index contributed by atoms with van der Waals surface area (Å²) in [5.74, 6) is -0.127. The molecule has 2 bridgehead atoms. The molecule has 5 heterocycles. The van der Waals surface area contributed by atoms with E-state index in [2.05, 4.69) is 30.7 Å². The van der Waals surface area contributed by atoms with Gasteiger partial charge in [0.2, 0.25) is 0 Å². The van der Waals surface area contributed by atoms with Crippen molar-refractivity contribution < 1.29 is 9.50 Å². The number of aromatic nitrogens is 5. The third-order valence-electron chi connectivity index (χ3n) is 9.27. The van der Waals surface area contributed by atoms with Gasteiger partial charge in [-0.25, -0.2) is 14.1 Å². The summed E-state index contributed by atoms with van der Waals surface area (Å²) in [6, 6.07) is 14.6. The molecule has 2 saturated heterocycles. The summed E-state index contributed by atoms with van der Waals surface area (Å²) in [6.45, 7) is 7.37. The Kier molecular flexibility index (Phi) is 7.64. The SMILES string of the molecule is Cn1nc(-c2cccc(-n3ncc4cc(C(C)(C)C)cc(F)c4c3=O)c2CO)cc(Nc2ccc(N3[C@@H]4CC[C@H]3CNC4)cn2)c1=O. The minimum absolute atomic E-state index is 0.0860. The number of fused-ring (bicyclic) bond motifs is 3. The van der Waals surface area contributed by atoms with E-state index < -0.39 is 18.0 Å². The number of rotatable bonds is 6. The topological polar surface area (TPSA) is 130 Å². The molecule has 5 aromatic rings. The van der Waals surface area contributed by atoms with Crippen molar-refractivity contribution in [3.63, 3.8) is 0 Å². The monoisotopic (exact) mass is 636 g/mol. The van der Waals surface area contributed by atoms with Gasteiger partial charge in [-0.2, -0.15) is 14.9 Å². The second kappa shape index (κ2) is 11.7. The predicted octanol–water partition coefficient (Wildman–Crippen LogP) is 4.15. The molecule has 2 fully saturated rings. The Bertz CT molecular complexity index is 2100. The second-order valence-corrected chi connectivity index (χ2v) is 13.3. The Morgan fingerprint density at radius 1 is 1.02 bits per heavy atom. The van der Waals surface area contributed by atoms with E-state index in [4.69, 9.17) is 0 Å². The van der Waals surface area contributed by atoms with Crippen molar-refractivity contribution in [3.8, 4) is 16.9 Å². The lowest BCUT2D eigenvalue weighted by molar-refractivity contribution is 0.281. The van der Waals surface area contributed by atoms with Crippen molar-refractivity contribution in [3.05, 3.63) is 98.6 Å².